The number of halogens is 1. The summed E-state index contributed by atoms with van der Waals surface area (Å²) in [5.74, 6) is 0.0871. The van der Waals surface area contributed by atoms with E-state index in [0.717, 1.165) is 28.0 Å². The summed E-state index contributed by atoms with van der Waals surface area (Å²) < 4.78 is 0. The second-order valence-corrected chi connectivity index (χ2v) is 8.33. The third kappa shape index (κ3) is 4.85. The van der Waals surface area contributed by atoms with Gasteiger partial charge < -0.3 is 9.80 Å². The summed E-state index contributed by atoms with van der Waals surface area (Å²) in [5.41, 5.74) is 4.97. The van der Waals surface area contributed by atoms with Crippen molar-refractivity contribution in [1.29, 1.82) is 0 Å². The number of piperazine rings is 1. The normalized spacial score (nSPS) is 14.2. The number of aromatic nitrogens is 2. The Labute approximate surface area is 186 Å². The molecule has 0 N–H and O–H groups in total. The second kappa shape index (κ2) is 9.02. The van der Waals surface area contributed by atoms with Crippen molar-refractivity contribution in [1.82, 2.24) is 19.8 Å². The summed E-state index contributed by atoms with van der Waals surface area (Å²) in [4.78, 5) is 38.3. The van der Waals surface area contributed by atoms with Gasteiger partial charge in [-0.3, -0.25) is 9.59 Å². The minimum Gasteiger partial charge on any atom is -0.339 e. The number of hydrogen-bond donors (Lipinski definition) is 0. The topological polar surface area (TPSA) is 66.4 Å². The molecule has 1 aliphatic rings. The molecule has 160 valence electrons. The fraction of sp³-hybridized carbons (Fsp3) is 0.333. The first-order chi connectivity index (χ1) is 14.9. The Hall–Kier alpha value is -2.99. The van der Waals surface area contributed by atoms with Crippen LogP contribution in [0.1, 0.15) is 33.7 Å². The van der Waals surface area contributed by atoms with E-state index in [1.165, 1.54) is 0 Å². The van der Waals surface area contributed by atoms with Crippen LogP contribution in [-0.2, 0) is 11.2 Å². The average Bonchev–Trinajstić information content (AvgIpc) is 2.78. The van der Waals surface area contributed by atoms with Crippen molar-refractivity contribution in [3.63, 3.8) is 0 Å². The summed E-state index contributed by atoms with van der Waals surface area (Å²) in [6.45, 7) is 6.01. The summed E-state index contributed by atoms with van der Waals surface area (Å²) in [6.07, 6.45) is 1.14. The van der Waals surface area contributed by atoms with Gasteiger partial charge in [0.1, 0.15) is 0 Å². The Bertz CT molecular complexity index is 1120. The van der Waals surface area contributed by atoms with Gasteiger partial charge in [0, 0.05) is 43.2 Å². The molecule has 0 bridgehead atoms. The SMILES string of the molecule is Cc1nc2ccc(C(=O)N3CCN(C(=O)CCc4ccc(Cl)cc4)CC3)cc2nc1C. The van der Waals surface area contributed by atoms with E-state index in [1.807, 2.05) is 49.1 Å². The van der Waals surface area contributed by atoms with Gasteiger partial charge in [0.25, 0.3) is 5.91 Å². The molecule has 2 amide bonds. The lowest BCUT2D eigenvalue weighted by molar-refractivity contribution is -0.132. The zero-order chi connectivity index (χ0) is 22.0. The van der Waals surface area contributed by atoms with E-state index < -0.39 is 0 Å². The number of nitrogens with zero attached hydrogens (tertiary/aromatic N) is 4. The van der Waals surface area contributed by atoms with Crippen LogP contribution in [0.25, 0.3) is 11.0 Å². The highest BCUT2D eigenvalue weighted by atomic mass is 35.5. The lowest BCUT2D eigenvalue weighted by Crippen LogP contribution is -2.50. The zero-order valence-electron chi connectivity index (χ0n) is 17.8. The fourth-order valence-corrected chi connectivity index (χ4v) is 3.89. The summed E-state index contributed by atoms with van der Waals surface area (Å²) in [6, 6.07) is 13.0. The van der Waals surface area contributed by atoms with Crippen molar-refractivity contribution in [2.45, 2.75) is 26.7 Å². The molecule has 2 aromatic carbocycles. The predicted octanol–water partition coefficient (Wildman–Crippen LogP) is 3.82. The number of benzene rings is 2. The van der Waals surface area contributed by atoms with Gasteiger partial charge in [0.2, 0.25) is 5.91 Å². The van der Waals surface area contributed by atoms with Crippen LogP contribution >= 0.6 is 11.6 Å². The van der Waals surface area contributed by atoms with Crippen molar-refractivity contribution < 1.29 is 9.59 Å². The Morgan fingerprint density at radius 2 is 1.48 bits per heavy atom. The van der Waals surface area contributed by atoms with Crippen LogP contribution in [0.2, 0.25) is 5.02 Å². The molecule has 4 rings (SSSR count). The van der Waals surface area contributed by atoms with Gasteiger partial charge in [-0.1, -0.05) is 23.7 Å². The summed E-state index contributed by atoms with van der Waals surface area (Å²) >= 11 is 5.91. The van der Waals surface area contributed by atoms with Crippen molar-refractivity contribution in [3.05, 3.63) is 70.0 Å². The van der Waals surface area contributed by atoms with Crippen molar-refractivity contribution in [3.8, 4) is 0 Å². The van der Waals surface area contributed by atoms with Crippen LogP contribution in [0.4, 0.5) is 0 Å². The van der Waals surface area contributed by atoms with Crippen LogP contribution in [0.3, 0.4) is 0 Å². The first kappa shape index (κ1) is 21.2. The van der Waals surface area contributed by atoms with Gasteiger partial charge in [-0.05, 0) is 56.2 Å². The van der Waals surface area contributed by atoms with E-state index in [9.17, 15) is 9.59 Å². The fourth-order valence-electron chi connectivity index (χ4n) is 3.77. The van der Waals surface area contributed by atoms with Crippen LogP contribution < -0.4 is 0 Å². The molecule has 0 spiro atoms. The number of rotatable bonds is 4. The molecule has 1 fully saturated rings. The Kier molecular flexibility index (Phi) is 6.18. The molecule has 3 aromatic rings. The van der Waals surface area contributed by atoms with Gasteiger partial charge in [-0.25, -0.2) is 9.97 Å². The van der Waals surface area contributed by atoms with Crippen molar-refractivity contribution >= 4 is 34.4 Å². The highest BCUT2D eigenvalue weighted by Gasteiger charge is 2.25. The minimum atomic E-state index is -0.0322. The van der Waals surface area contributed by atoms with E-state index in [-0.39, 0.29) is 11.8 Å². The molecule has 1 saturated heterocycles. The van der Waals surface area contributed by atoms with E-state index >= 15 is 0 Å². The number of hydrogen-bond acceptors (Lipinski definition) is 4. The maximum Gasteiger partial charge on any atom is 0.254 e. The van der Waals surface area contributed by atoms with Gasteiger partial charge in [0.15, 0.2) is 0 Å². The highest BCUT2D eigenvalue weighted by molar-refractivity contribution is 6.30. The lowest BCUT2D eigenvalue weighted by atomic mass is 10.1. The number of amides is 2. The Morgan fingerprint density at radius 1 is 0.871 bits per heavy atom. The maximum absolute atomic E-state index is 13.0. The quantitative estimate of drug-likeness (QED) is 0.623. The first-order valence-corrected chi connectivity index (χ1v) is 10.8. The molecule has 31 heavy (non-hydrogen) atoms. The van der Waals surface area contributed by atoms with Crippen molar-refractivity contribution in [2.24, 2.45) is 0 Å². The maximum atomic E-state index is 13.0. The summed E-state index contributed by atoms with van der Waals surface area (Å²) in [7, 11) is 0. The largest absolute Gasteiger partial charge is 0.339 e. The van der Waals surface area contributed by atoms with Crippen LogP contribution in [0, 0.1) is 13.8 Å². The van der Waals surface area contributed by atoms with Crippen molar-refractivity contribution in [2.75, 3.05) is 26.2 Å². The Morgan fingerprint density at radius 3 is 2.16 bits per heavy atom. The smallest absolute Gasteiger partial charge is 0.254 e. The monoisotopic (exact) mass is 436 g/mol. The predicted molar refractivity (Wildman–Crippen MR) is 121 cm³/mol. The molecule has 0 radical (unpaired) electrons. The number of carbonyl (C=O) groups excluding carboxylic acids is 2. The standard InChI is InChI=1S/C24H25ClN4O2/c1-16-17(2)27-22-15-19(6-9-21(22)26-16)24(31)29-13-11-28(12-14-29)23(30)10-5-18-3-7-20(25)8-4-18/h3-4,6-9,15H,5,10-14H2,1-2H3. The van der Waals surface area contributed by atoms with Crippen LogP contribution in [0.5, 0.6) is 0 Å². The van der Waals surface area contributed by atoms with Gasteiger partial charge in [-0.15, -0.1) is 0 Å². The summed E-state index contributed by atoms with van der Waals surface area (Å²) in [5, 5.41) is 0.694. The minimum absolute atomic E-state index is 0.0322. The molecule has 1 aliphatic heterocycles. The molecule has 7 heteroatoms. The number of fused-ring (bicyclic) bond motifs is 1. The molecule has 0 atom stereocenters. The number of carbonyl (C=O) groups is 2. The number of aryl methyl sites for hydroxylation is 3. The molecule has 0 saturated carbocycles. The van der Waals surface area contributed by atoms with E-state index in [4.69, 9.17) is 11.6 Å². The lowest BCUT2D eigenvalue weighted by Gasteiger charge is -2.35. The molecular formula is C24H25ClN4O2. The average molecular weight is 437 g/mol. The molecule has 0 aliphatic carbocycles. The molecule has 0 unspecified atom stereocenters. The third-order valence-electron chi connectivity index (χ3n) is 5.78. The van der Waals surface area contributed by atoms with E-state index in [2.05, 4.69) is 9.97 Å². The second-order valence-electron chi connectivity index (χ2n) is 7.90. The molecular weight excluding hydrogens is 412 g/mol. The van der Waals surface area contributed by atoms with Gasteiger partial charge >= 0.3 is 0 Å². The molecule has 1 aromatic heterocycles. The van der Waals surface area contributed by atoms with E-state index in [0.29, 0.717) is 49.6 Å². The van der Waals surface area contributed by atoms with Crippen LogP contribution in [0.15, 0.2) is 42.5 Å². The first-order valence-electron chi connectivity index (χ1n) is 10.5. The van der Waals surface area contributed by atoms with Gasteiger partial charge in [0.05, 0.1) is 22.4 Å². The van der Waals surface area contributed by atoms with Crippen LogP contribution in [-0.4, -0.2) is 57.8 Å². The molecule has 6 nitrogen and oxygen atoms in total. The highest BCUT2D eigenvalue weighted by Crippen LogP contribution is 2.17. The van der Waals surface area contributed by atoms with Gasteiger partial charge in [-0.2, -0.15) is 0 Å². The van der Waals surface area contributed by atoms with E-state index in [1.54, 1.807) is 17.0 Å². The zero-order valence-corrected chi connectivity index (χ0v) is 18.5. The molecule has 2 heterocycles. The Balaban J connectivity index is 1.34. The third-order valence-corrected chi connectivity index (χ3v) is 6.03.